The highest BCUT2D eigenvalue weighted by molar-refractivity contribution is 14.0. The zero-order valence-electron chi connectivity index (χ0n) is 20.3. The first-order valence-electron chi connectivity index (χ1n) is 11.0. The van der Waals surface area contributed by atoms with E-state index in [9.17, 15) is 9.59 Å². The third-order valence-electron chi connectivity index (χ3n) is 4.57. The molecule has 0 bridgehead atoms. The fourth-order valence-corrected chi connectivity index (χ4v) is 3.28. The maximum atomic E-state index is 12.1. The molecule has 3 N–H and O–H groups in total. The molecule has 0 aliphatic carbocycles. The molecule has 1 heterocycles. The predicted molar refractivity (Wildman–Crippen MR) is 136 cm³/mol. The van der Waals surface area contributed by atoms with E-state index in [2.05, 4.69) is 37.7 Å². The summed E-state index contributed by atoms with van der Waals surface area (Å²) in [6.45, 7) is 15.8. The summed E-state index contributed by atoms with van der Waals surface area (Å²) in [6.07, 6.45) is 1.41. The van der Waals surface area contributed by atoms with Crippen molar-refractivity contribution in [3.8, 4) is 0 Å². The highest BCUT2D eigenvalue weighted by Crippen LogP contribution is 2.08. The smallest absolute Gasteiger partial charge is 0.407 e. The molecule has 1 fully saturated rings. The Balaban J connectivity index is 0.00000900. The van der Waals surface area contributed by atoms with Gasteiger partial charge in [0.1, 0.15) is 5.60 Å². The third kappa shape index (κ3) is 13.0. The fourth-order valence-electron chi connectivity index (χ4n) is 3.28. The highest BCUT2D eigenvalue weighted by Gasteiger charge is 2.23. The summed E-state index contributed by atoms with van der Waals surface area (Å²) in [5, 5.41) is 9.27. The second-order valence-electron chi connectivity index (χ2n) is 9.05. The summed E-state index contributed by atoms with van der Waals surface area (Å²) >= 11 is 0. The van der Waals surface area contributed by atoms with Gasteiger partial charge in [-0.3, -0.25) is 14.7 Å². The third-order valence-corrected chi connectivity index (χ3v) is 4.57. The number of nitrogens with one attached hydrogen (secondary N) is 3. The van der Waals surface area contributed by atoms with Gasteiger partial charge in [0, 0.05) is 51.9 Å². The highest BCUT2D eigenvalue weighted by atomic mass is 127. The molecule has 10 heteroatoms. The topological polar surface area (TPSA) is 98.3 Å². The largest absolute Gasteiger partial charge is 0.444 e. The van der Waals surface area contributed by atoms with Crippen molar-refractivity contribution in [1.29, 1.82) is 0 Å². The first-order valence-corrected chi connectivity index (χ1v) is 11.0. The van der Waals surface area contributed by atoms with Crippen molar-refractivity contribution in [3.05, 3.63) is 0 Å². The molecule has 0 spiro atoms. The van der Waals surface area contributed by atoms with Gasteiger partial charge in [0.05, 0.1) is 6.54 Å². The normalized spacial score (nSPS) is 16.4. The molecule has 1 unspecified atom stereocenters. The number of alkyl carbamates (subject to hydrolysis) is 1. The Morgan fingerprint density at radius 2 is 1.71 bits per heavy atom. The van der Waals surface area contributed by atoms with Gasteiger partial charge in [-0.05, 0) is 41.0 Å². The molecular weight excluding hydrogens is 511 g/mol. The quantitative estimate of drug-likeness (QED) is 0.241. The Kier molecular flexibility index (Phi) is 14.1. The minimum absolute atomic E-state index is 0. The van der Waals surface area contributed by atoms with E-state index >= 15 is 0 Å². The molecule has 182 valence electrons. The van der Waals surface area contributed by atoms with Gasteiger partial charge < -0.3 is 25.6 Å². The molecule has 1 saturated heterocycles. The lowest BCUT2D eigenvalue weighted by Crippen LogP contribution is -2.55. The Labute approximate surface area is 205 Å². The van der Waals surface area contributed by atoms with Crippen LogP contribution in [0.2, 0.25) is 0 Å². The number of hydrogen-bond acceptors (Lipinski definition) is 5. The SMILES string of the molecule is CCCC(CNC(=NC)N1CCN(CC(=O)NC(C)C)CC1)NC(=O)OC(C)(C)C.I. The number of piperazine rings is 1. The summed E-state index contributed by atoms with van der Waals surface area (Å²) in [5.41, 5.74) is -0.518. The predicted octanol–water partition coefficient (Wildman–Crippen LogP) is 2.02. The number of carbonyl (C=O) groups excluding carboxylic acids is 2. The van der Waals surface area contributed by atoms with Gasteiger partial charge in [0.2, 0.25) is 5.91 Å². The van der Waals surface area contributed by atoms with E-state index in [0.717, 1.165) is 45.0 Å². The number of rotatable bonds is 8. The molecule has 1 aliphatic heterocycles. The number of guanidine groups is 1. The molecule has 1 rings (SSSR count). The van der Waals surface area contributed by atoms with E-state index in [1.165, 1.54) is 0 Å². The van der Waals surface area contributed by atoms with Crippen molar-refractivity contribution < 1.29 is 14.3 Å². The van der Waals surface area contributed by atoms with E-state index < -0.39 is 11.7 Å². The maximum Gasteiger partial charge on any atom is 0.407 e. The van der Waals surface area contributed by atoms with Crippen LogP contribution < -0.4 is 16.0 Å². The van der Waals surface area contributed by atoms with Crippen molar-refractivity contribution in [2.45, 2.75) is 72.1 Å². The minimum atomic E-state index is -0.518. The van der Waals surface area contributed by atoms with Gasteiger partial charge in [-0.1, -0.05) is 13.3 Å². The van der Waals surface area contributed by atoms with Crippen molar-refractivity contribution in [3.63, 3.8) is 0 Å². The molecule has 1 aliphatic rings. The monoisotopic (exact) mass is 554 g/mol. The van der Waals surface area contributed by atoms with Gasteiger partial charge in [0.15, 0.2) is 5.96 Å². The second-order valence-corrected chi connectivity index (χ2v) is 9.05. The Hall–Kier alpha value is -1.30. The van der Waals surface area contributed by atoms with Gasteiger partial charge in [-0.2, -0.15) is 0 Å². The van der Waals surface area contributed by atoms with E-state index in [1.54, 1.807) is 7.05 Å². The van der Waals surface area contributed by atoms with Crippen LogP contribution in [-0.4, -0.2) is 91.8 Å². The number of halogens is 1. The summed E-state index contributed by atoms with van der Waals surface area (Å²) < 4.78 is 5.37. The maximum absolute atomic E-state index is 12.1. The van der Waals surface area contributed by atoms with E-state index in [1.807, 2.05) is 34.6 Å². The van der Waals surface area contributed by atoms with Gasteiger partial charge in [0.25, 0.3) is 0 Å². The van der Waals surface area contributed by atoms with Crippen molar-refractivity contribution in [1.82, 2.24) is 25.8 Å². The lowest BCUT2D eigenvalue weighted by atomic mass is 10.1. The molecule has 9 nitrogen and oxygen atoms in total. The first kappa shape index (κ1) is 29.7. The molecule has 0 radical (unpaired) electrons. The fraction of sp³-hybridized carbons (Fsp3) is 0.857. The molecule has 0 aromatic rings. The Morgan fingerprint density at radius 1 is 1.10 bits per heavy atom. The van der Waals surface area contributed by atoms with Crippen LogP contribution in [0.15, 0.2) is 4.99 Å². The van der Waals surface area contributed by atoms with Crippen molar-refractivity contribution >= 4 is 41.9 Å². The van der Waals surface area contributed by atoms with Crippen LogP contribution in [0.3, 0.4) is 0 Å². The minimum Gasteiger partial charge on any atom is -0.444 e. The number of hydrogen-bond donors (Lipinski definition) is 3. The summed E-state index contributed by atoms with van der Waals surface area (Å²) in [7, 11) is 1.76. The number of ether oxygens (including phenoxy) is 1. The Bertz CT molecular complexity index is 572. The van der Waals surface area contributed by atoms with Crippen molar-refractivity contribution in [2.24, 2.45) is 4.99 Å². The average molecular weight is 555 g/mol. The summed E-state index contributed by atoms with van der Waals surface area (Å²) in [6, 6.07) is 0.120. The number of aliphatic imine (C=N–C) groups is 1. The lowest BCUT2D eigenvalue weighted by molar-refractivity contribution is -0.123. The average Bonchev–Trinajstić information content (AvgIpc) is 2.61. The summed E-state index contributed by atoms with van der Waals surface area (Å²) in [4.78, 5) is 32.8. The van der Waals surface area contributed by atoms with Gasteiger partial charge in [-0.25, -0.2) is 4.79 Å². The van der Waals surface area contributed by atoms with E-state index in [0.29, 0.717) is 13.1 Å². The molecule has 0 saturated carbocycles. The van der Waals surface area contributed by atoms with Crippen LogP contribution >= 0.6 is 24.0 Å². The molecule has 31 heavy (non-hydrogen) atoms. The van der Waals surface area contributed by atoms with Crippen LogP contribution in [0.5, 0.6) is 0 Å². The first-order chi connectivity index (χ1) is 14.0. The number of amides is 2. The van der Waals surface area contributed by atoms with Crippen LogP contribution in [0.25, 0.3) is 0 Å². The number of nitrogens with zero attached hydrogens (tertiary/aromatic N) is 3. The standard InChI is InChI=1S/C21H42N6O3.HI/c1-8-9-17(25-20(29)30-21(4,5)6)14-23-19(22-7)27-12-10-26(11-13-27)15-18(28)24-16(2)3;/h16-17H,8-15H2,1-7H3,(H,22,23)(H,24,28)(H,25,29);1H. The van der Waals surface area contributed by atoms with Crippen LogP contribution in [0.1, 0.15) is 54.4 Å². The molecule has 0 aromatic heterocycles. The zero-order chi connectivity index (χ0) is 22.7. The lowest BCUT2D eigenvalue weighted by Gasteiger charge is -2.36. The molecule has 1 atom stereocenters. The molecule has 0 aromatic carbocycles. The van der Waals surface area contributed by atoms with Crippen LogP contribution in [0, 0.1) is 0 Å². The van der Waals surface area contributed by atoms with Crippen LogP contribution in [-0.2, 0) is 9.53 Å². The second kappa shape index (κ2) is 14.7. The molecule has 2 amide bonds. The zero-order valence-corrected chi connectivity index (χ0v) is 22.6. The van der Waals surface area contributed by atoms with E-state index in [-0.39, 0.29) is 42.0 Å². The molecular formula is C21H43IN6O3. The van der Waals surface area contributed by atoms with E-state index in [4.69, 9.17) is 4.74 Å². The van der Waals surface area contributed by atoms with Crippen LogP contribution in [0.4, 0.5) is 4.79 Å². The Morgan fingerprint density at radius 3 is 2.19 bits per heavy atom. The van der Waals surface area contributed by atoms with Crippen molar-refractivity contribution in [2.75, 3.05) is 46.3 Å². The van der Waals surface area contributed by atoms with Gasteiger partial charge in [-0.15, -0.1) is 24.0 Å². The van der Waals surface area contributed by atoms with Gasteiger partial charge >= 0.3 is 6.09 Å². The number of carbonyl (C=O) groups is 2. The summed E-state index contributed by atoms with van der Waals surface area (Å²) in [5.74, 6) is 0.880.